The van der Waals surface area contributed by atoms with Crippen LogP contribution in [-0.4, -0.2) is 28.9 Å². The van der Waals surface area contributed by atoms with E-state index in [2.05, 4.69) is 6.07 Å². The predicted molar refractivity (Wildman–Crippen MR) is 113 cm³/mol. The first-order valence-electron chi connectivity index (χ1n) is 9.68. The van der Waals surface area contributed by atoms with Crippen molar-refractivity contribution in [3.63, 3.8) is 0 Å². The molecule has 1 unspecified atom stereocenters. The zero-order valence-electron chi connectivity index (χ0n) is 16.0. The lowest BCUT2D eigenvalue weighted by Crippen LogP contribution is -2.41. The van der Waals surface area contributed by atoms with E-state index in [1.54, 1.807) is 23.5 Å². The molecule has 0 aliphatic carbocycles. The smallest absolute Gasteiger partial charge is 0.261 e. The maximum atomic E-state index is 12.8. The van der Waals surface area contributed by atoms with E-state index in [-0.39, 0.29) is 18.6 Å². The van der Waals surface area contributed by atoms with Gasteiger partial charge in [0.2, 0.25) is 0 Å². The molecule has 1 aliphatic rings. The zero-order valence-corrected chi connectivity index (χ0v) is 16.8. The lowest BCUT2D eigenvalue weighted by atomic mass is 10.0. The molecule has 5 nitrogen and oxygen atoms in total. The highest BCUT2D eigenvalue weighted by Crippen LogP contribution is 2.35. The van der Waals surface area contributed by atoms with Gasteiger partial charge in [0, 0.05) is 17.5 Å². The molecule has 29 heavy (non-hydrogen) atoms. The molecule has 1 atom stereocenters. The number of hydrogen-bond donors (Lipinski definition) is 0. The van der Waals surface area contributed by atoms with Crippen LogP contribution in [0.5, 0.6) is 5.75 Å². The van der Waals surface area contributed by atoms with Crippen LogP contribution in [-0.2, 0) is 4.79 Å². The summed E-state index contributed by atoms with van der Waals surface area (Å²) in [5.74, 6) is 0.695. The third-order valence-electron chi connectivity index (χ3n) is 5.05. The number of para-hydroxylation sites is 1. The molecule has 1 aliphatic heterocycles. The normalized spacial score (nSPS) is 16.2. The molecular weight excluding hydrogens is 382 g/mol. The molecule has 0 N–H and O–H groups in total. The van der Waals surface area contributed by atoms with E-state index in [1.807, 2.05) is 52.7 Å². The number of likely N-dealkylation sites (tertiary alicyclic amines) is 1. The highest BCUT2D eigenvalue weighted by molar-refractivity contribution is 7.10. The van der Waals surface area contributed by atoms with E-state index in [0.717, 1.165) is 42.1 Å². The average Bonchev–Trinajstić information content (AvgIpc) is 3.28. The average molecular weight is 404 g/mol. The van der Waals surface area contributed by atoms with E-state index in [4.69, 9.17) is 15.0 Å². The summed E-state index contributed by atoms with van der Waals surface area (Å²) in [6.07, 6.45) is 3.00. The fourth-order valence-electron chi connectivity index (χ4n) is 3.52. The van der Waals surface area contributed by atoms with Gasteiger partial charge in [-0.25, -0.2) is 4.98 Å². The van der Waals surface area contributed by atoms with Gasteiger partial charge in [-0.1, -0.05) is 30.3 Å². The lowest BCUT2D eigenvalue weighted by molar-refractivity contribution is -0.137. The SMILES string of the molecule is N#Cc1ccc(-c2csc(C3CCCCN3C(=O)COc3ccccc3)n2)cc1. The Morgan fingerprint density at radius 3 is 2.72 bits per heavy atom. The molecule has 2 heterocycles. The second-order valence-corrected chi connectivity index (χ2v) is 7.85. The van der Waals surface area contributed by atoms with Gasteiger partial charge >= 0.3 is 0 Å². The minimum Gasteiger partial charge on any atom is -0.484 e. The Morgan fingerprint density at radius 2 is 1.97 bits per heavy atom. The number of carbonyl (C=O) groups is 1. The summed E-state index contributed by atoms with van der Waals surface area (Å²) < 4.78 is 5.67. The van der Waals surface area contributed by atoms with Crippen molar-refractivity contribution < 1.29 is 9.53 Å². The van der Waals surface area contributed by atoms with Crippen LogP contribution < -0.4 is 4.74 Å². The number of amides is 1. The number of hydrogen-bond acceptors (Lipinski definition) is 5. The van der Waals surface area contributed by atoms with Gasteiger partial charge in [0.05, 0.1) is 23.4 Å². The number of carbonyl (C=O) groups excluding carboxylic acids is 1. The van der Waals surface area contributed by atoms with Gasteiger partial charge in [-0.15, -0.1) is 11.3 Å². The molecule has 0 spiro atoms. The van der Waals surface area contributed by atoms with Gasteiger partial charge in [-0.3, -0.25) is 4.79 Å². The number of nitriles is 1. The molecule has 0 saturated carbocycles. The number of benzene rings is 2. The molecule has 1 saturated heterocycles. The first kappa shape index (κ1) is 19.2. The largest absolute Gasteiger partial charge is 0.484 e. The minimum atomic E-state index is -0.00671. The Bertz CT molecular complexity index is 1010. The molecule has 1 amide bonds. The summed E-state index contributed by atoms with van der Waals surface area (Å²) in [5, 5.41) is 11.9. The maximum Gasteiger partial charge on any atom is 0.261 e. The van der Waals surface area contributed by atoms with Crippen LogP contribution in [0.1, 0.15) is 35.9 Å². The van der Waals surface area contributed by atoms with E-state index in [0.29, 0.717) is 11.3 Å². The van der Waals surface area contributed by atoms with E-state index < -0.39 is 0 Å². The van der Waals surface area contributed by atoms with Gasteiger partial charge < -0.3 is 9.64 Å². The van der Waals surface area contributed by atoms with Gasteiger partial charge in [0.25, 0.3) is 5.91 Å². The Labute approximate surface area is 174 Å². The van der Waals surface area contributed by atoms with Crippen LogP contribution in [0, 0.1) is 11.3 Å². The Hall–Kier alpha value is -3.17. The Kier molecular flexibility index (Phi) is 5.87. The van der Waals surface area contributed by atoms with Crippen molar-refractivity contribution in [1.29, 1.82) is 5.26 Å². The van der Waals surface area contributed by atoms with Crippen LogP contribution in [0.4, 0.5) is 0 Å². The number of aromatic nitrogens is 1. The Morgan fingerprint density at radius 1 is 1.17 bits per heavy atom. The number of piperidine rings is 1. The molecule has 3 aromatic rings. The number of ether oxygens (including phenoxy) is 1. The number of rotatable bonds is 5. The van der Waals surface area contributed by atoms with Crippen molar-refractivity contribution in [1.82, 2.24) is 9.88 Å². The monoisotopic (exact) mass is 403 g/mol. The van der Waals surface area contributed by atoms with Crippen molar-refractivity contribution in [2.24, 2.45) is 0 Å². The quantitative estimate of drug-likeness (QED) is 0.613. The van der Waals surface area contributed by atoms with Gasteiger partial charge in [-0.2, -0.15) is 5.26 Å². The molecule has 2 aromatic carbocycles. The van der Waals surface area contributed by atoms with E-state index >= 15 is 0 Å². The molecule has 4 rings (SSSR count). The van der Waals surface area contributed by atoms with Crippen LogP contribution in [0.2, 0.25) is 0 Å². The summed E-state index contributed by atoms with van der Waals surface area (Å²) in [7, 11) is 0. The first-order chi connectivity index (χ1) is 14.2. The first-order valence-corrected chi connectivity index (χ1v) is 10.6. The molecule has 6 heteroatoms. The molecule has 1 aromatic heterocycles. The van der Waals surface area contributed by atoms with Crippen LogP contribution >= 0.6 is 11.3 Å². The summed E-state index contributed by atoms with van der Waals surface area (Å²) in [4.78, 5) is 19.6. The van der Waals surface area contributed by atoms with Gasteiger partial charge in [0.15, 0.2) is 6.61 Å². The molecule has 146 valence electrons. The predicted octanol–water partition coefficient (Wildman–Crippen LogP) is 4.81. The van der Waals surface area contributed by atoms with Crippen molar-refractivity contribution >= 4 is 17.2 Å². The lowest BCUT2D eigenvalue weighted by Gasteiger charge is -2.34. The third-order valence-corrected chi connectivity index (χ3v) is 5.99. The molecule has 0 radical (unpaired) electrons. The van der Waals surface area contributed by atoms with Gasteiger partial charge in [-0.05, 0) is 43.5 Å². The minimum absolute atomic E-state index is 0.00586. The van der Waals surface area contributed by atoms with Crippen molar-refractivity contribution in [3.8, 4) is 23.1 Å². The van der Waals surface area contributed by atoms with Crippen molar-refractivity contribution in [2.75, 3.05) is 13.2 Å². The van der Waals surface area contributed by atoms with Gasteiger partial charge in [0.1, 0.15) is 10.8 Å². The number of nitrogens with zero attached hydrogens (tertiary/aromatic N) is 3. The van der Waals surface area contributed by atoms with E-state index in [9.17, 15) is 4.79 Å². The molecular formula is C23H21N3O2S. The highest BCUT2D eigenvalue weighted by Gasteiger charge is 2.30. The van der Waals surface area contributed by atoms with Crippen LogP contribution in [0.25, 0.3) is 11.3 Å². The third kappa shape index (κ3) is 4.47. The second kappa shape index (κ2) is 8.89. The van der Waals surface area contributed by atoms with Crippen molar-refractivity contribution in [2.45, 2.75) is 25.3 Å². The standard InChI is InChI=1S/C23H21N3O2S/c24-14-17-9-11-18(12-10-17)20-16-29-23(25-20)21-8-4-5-13-26(21)22(27)15-28-19-6-2-1-3-7-19/h1-3,6-7,9-12,16,21H,4-5,8,13,15H2. The summed E-state index contributed by atoms with van der Waals surface area (Å²) in [6.45, 7) is 0.766. The summed E-state index contributed by atoms with van der Waals surface area (Å²) >= 11 is 1.59. The topological polar surface area (TPSA) is 66.2 Å². The van der Waals surface area contributed by atoms with E-state index in [1.165, 1.54) is 0 Å². The maximum absolute atomic E-state index is 12.8. The summed E-state index contributed by atoms with van der Waals surface area (Å²) in [6, 6.07) is 19.0. The molecule has 1 fully saturated rings. The van der Waals surface area contributed by atoms with Crippen molar-refractivity contribution in [3.05, 3.63) is 70.5 Å². The molecule has 0 bridgehead atoms. The fraction of sp³-hybridized carbons (Fsp3) is 0.261. The fourth-order valence-corrected chi connectivity index (χ4v) is 4.49. The zero-order chi connectivity index (χ0) is 20.1. The Balaban J connectivity index is 1.48. The van der Waals surface area contributed by atoms with Crippen LogP contribution in [0.15, 0.2) is 60.0 Å². The second-order valence-electron chi connectivity index (χ2n) is 6.96. The summed E-state index contributed by atoms with van der Waals surface area (Å²) in [5.41, 5.74) is 2.49. The van der Waals surface area contributed by atoms with Crippen LogP contribution in [0.3, 0.4) is 0 Å². The number of thiazole rings is 1. The highest BCUT2D eigenvalue weighted by atomic mass is 32.1.